The van der Waals surface area contributed by atoms with Crippen molar-refractivity contribution < 1.29 is 28.7 Å². The van der Waals surface area contributed by atoms with Crippen molar-refractivity contribution in [3.8, 4) is 0 Å². The van der Waals surface area contributed by atoms with Gasteiger partial charge in [-0.1, -0.05) is 17.2 Å². The van der Waals surface area contributed by atoms with Crippen LogP contribution in [0.25, 0.3) is 0 Å². The summed E-state index contributed by atoms with van der Waals surface area (Å²) in [7, 11) is 0. The summed E-state index contributed by atoms with van der Waals surface area (Å²) in [6, 6.07) is 5.38. The maximum absolute atomic E-state index is 12.5. The predicted octanol–water partition coefficient (Wildman–Crippen LogP) is 2.58. The lowest BCUT2D eigenvalue weighted by Crippen LogP contribution is -2.31. The van der Waals surface area contributed by atoms with Crippen LogP contribution in [0.3, 0.4) is 0 Å². The molecule has 0 aliphatic carbocycles. The van der Waals surface area contributed by atoms with Gasteiger partial charge in [0.2, 0.25) is 5.78 Å². The molecule has 1 aromatic heterocycles. The van der Waals surface area contributed by atoms with Gasteiger partial charge in [-0.05, 0) is 52.3 Å². The number of ketones is 1. The lowest BCUT2D eigenvalue weighted by molar-refractivity contribution is -0.141. The molecule has 160 valence electrons. The molecule has 0 atom stereocenters. The SMILES string of the molecule is CCOC(=O)c1[nH]c(C)c(C(=O)COC(=O)CNC(=O)c2cc(C)cc(C)c2)c1C. The summed E-state index contributed by atoms with van der Waals surface area (Å²) in [6.45, 7) is 8.06. The van der Waals surface area contributed by atoms with E-state index in [-0.39, 0.29) is 24.4 Å². The van der Waals surface area contributed by atoms with Crippen LogP contribution < -0.4 is 5.32 Å². The molecule has 0 bridgehead atoms. The van der Waals surface area contributed by atoms with Crippen LogP contribution in [-0.2, 0) is 14.3 Å². The van der Waals surface area contributed by atoms with Gasteiger partial charge in [-0.2, -0.15) is 0 Å². The van der Waals surface area contributed by atoms with Gasteiger partial charge in [-0.15, -0.1) is 0 Å². The lowest BCUT2D eigenvalue weighted by Gasteiger charge is -2.08. The summed E-state index contributed by atoms with van der Waals surface area (Å²) in [5.74, 6) is -2.15. The zero-order valence-electron chi connectivity index (χ0n) is 17.8. The van der Waals surface area contributed by atoms with Crippen LogP contribution in [-0.4, -0.2) is 48.4 Å². The van der Waals surface area contributed by atoms with Crippen molar-refractivity contribution in [2.45, 2.75) is 34.6 Å². The maximum Gasteiger partial charge on any atom is 0.355 e. The lowest BCUT2D eigenvalue weighted by atomic mass is 10.1. The molecule has 2 N–H and O–H groups in total. The van der Waals surface area contributed by atoms with Crippen LogP contribution in [0.1, 0.15) is 60.5 Å². The van der Waals surface area contributed by atoms with E-state index in [0.717, 1.165) is 11.1 Å². The minimum atomic E-state index is -0.738. The maximum atomic E-state index is 12.5. The van der Waals surface area contributed by atoms with E-state index in [1.54, 1.807) is 32.9 Å². The van der Waals surface area contributed by atoms with Crippen molar-refractivity contribution in [3.05, 3.63) is 57.4 Å². The molecule has 0 spiro atoms. The third kappa shape index (κ3) is 5.56. The zero-order chi connectivity index (χ0) is 22.4. The number of benzene rings is 1. The summed E-state index contributed by atoms with van der Waals surface area (Å²) in [5.41, 5.74) is 3.73. The predicted molar refractivity (Wildman–Crippen MR) is 110 cm³/mol. The number of H-pyrrole nitrogens is 1. The van der Waals surface area contributed by atoms with Crippen molar-refractivity contribution >= 4 is 23.6 Å². The molecule has 2 aromatic rings. The second kappa shape index (κ2) is 9.87. The number of rotatable bonds is 8. The van der Waals surface area contributed by atoms with Gasteiger partial charge in [-0.3, -0.25) is 14.4 Å². The third-order valence-corrected chi connectivity index (χ3v) is 4.44. The van der Waals surface area contributed by atoms with Crippen LogP contribution >= 0.6 is 0 Å². The number of amides is 1. The van der Waals surface area contributed by atoms with Crippen LogP contribution in [0.4, 0.5) is 0 Å². The van der Waals surface area contributed by atoms with E-state index in [1.807, 2.05) is 19.9 Å². The average Bonchev–Trinajstić information content (AvgIpc) is 2.98. The van der Waals surface area contributed by atoms with Gasteiger partial charge in [0.1, 0.15) is 12.2 Å². The Morgan fingerprint density at radius 3 is 2.20 bits per heavy atom. The number of nitrogens with one attached hydrogen (secondary N) is 2. The molecule has 8 heteroatoms. The molecule has 0 fully saturated rings. The minimum Gasteiger partial charge on any atom is -0.461 e. The summed E-state index contributed by atoms with van der Waals surface area (Å²) in [4.78, 5) is 51.4. The number of esters is 2. The van der Waals surface area contributed by atoms with E-state index in [2.05, 4.69) is 10.3 Å². The molecule has 8 nitrogen and oxygen atoms in total. The fourth-order valence-electron chi connectivity index (χ4n) is 3.21. The molecule has 1 aromatic carbocycles. The van der Waals surface area contributed by atoms with Gasteiger partial charge in [-0.25, -0.2) is 4.79 Å². The van der Waals surface area contributed by atoms with Crippen molar-refractivity contribution in [1.82, 2.24) is 10.3 Å². The molecule has 1 amide bonds. The molecular weight excluding hydrogens is 388 g/mol. The van der Waals surface area contributed by atoms with Crippen LogP contribution in [0, 0.1) is 27.7 Å². The van der Waals surface area contributed by atoms with Crippen LogP contribution in [0.15, 0.2) is 18.2 Å². The van der Waals surface area contributed by atoms with Gasteiger partial charge in [0.05, 0.1) is 6.61 Å². The molecule has 0 radical (unpaired) electrons. The number of hydrogen-bond acceptors (Lipinski definition) is 6. The normalized spacial score (nSPS) is 10.4. The first-order valence-electron chi connectivity index (χ1n) is 9.55. The Hall–Kier alpha value is -3.42. The molecule has 0 unspecified atom stereocenters. The zero-order valence-corrected chi connectivity index (χ0v) is 17.8. The Labute approximate surface area is 175 Å². The monoisotopic (exact) mass is 414 g/mol. The van der Waals surface area contributed by atoms with Crippen LogP contribution in [0.5, 0.6) is 0 Å². The fourth-order valence-corrected chi connectivity index (χ4v) is 3.21. The second-order valence-electron chi connectivity index (χ2n) is 6.99. The summed E-state index contributed by atoms with van der Waals surface area (Å²) >= 11 is 0. The molecule has 1 heterocycles. The van der Waals surface area contributed by atoms with E-state index in [0.29, 0.717) is 16.8 Å². The third-order valence-electron chi connectivity index (χ3n) is 4.44. The standard InChI is InChI=1S/C22H26N2O6/c1-6-29-22(28)20-14(4)19(15(5)24-20)17(25)11-30-18(26)10-23-21(27)16-8-12(2)7-13(3)9-16/h7-9,24H,6,10-11H2,1-5H3,(H,23,27). The molecule has 0 aliphatic rings. The quantitative estimate of drug-likeness (QED) is 0.507. The first-order valence-corrected chi connectivity index (χ1v) is 9.55. The molecule has 2 rings (SSSR count). The first-order chi connectivity index (χ1) is 14.1. The fraction of sp³-hybridized carbons (Fsp3) is 0.364. The molecule has 30 heavy (non-hydrogen) atoms. The second-order valence-corrected chi connectivity index (χ2v) is 6.99. The number of aryl methyl sites for hydroxylation is 3. The molecule has 0 saturated carbocycles. The first kappa shape index (κ1) is 22.9. The Kier molecular flexibility index (Phi) is 7.52. The molecule has 0 saturated heterocycles. The van der Waals surface area contributed by atoms with Gasteiger partial charge < -0.3 is 19.8 Å². The van der Waals surface area contributed by atoms with Crippen molar-refractivity contribution in [2.24, 2.45) is 0 Å². The highest BCUT2D eigenvalue weighted by Crippen LogP contribution is 2.19. The number of aromatic nitrogens is 1. The number of hydrogen-bond donors (Lipinski definition) is 2. The Morgan fingerprint density at radius 1 is 0.967 bits per heavy atom. The number of Topliss-reactive ketones (excluding diaryl/α,β-unsaturated/α-hetero) is 1. The number of carbonyl (C=O) groups excluding carboxylic acids is 4. The van der Waals surface area contributed by atoms with Crippen molar-refractivity contribution in [1.29, 1.82) is 0 Å². The minimum absolute atomic E-state index is 0.199. The number of ether oxygens (including phenoxy) is 2. The molecule has 0 aliphatic heterocycles. The average molecular weight is 414 g/mol. The highest BCUT2D eigenvalue weighted by Gasteiger charge is 2.23. The van der Waals surface area contributed by atoms with E-state index < -0.39 is 30.2 Å². The summed E-state index contributed by atoms with van der Waals surface area (Å²) in [6.07, 6.45) is 0. The van der Waals surface area contributed by atoms with Crippen LogP contribution in [0.2, 0.25) is 0 Å². The van der Waals surface area contributed by atoms with Gasteiger partial charge in [0.25, 0.3) is 5.91 Å². The smallest absolute Gasteiger partial charge is 0.355 e. The number of aromatic amines is 1. The van der Waals surface area contributed by atoms with Gasteiger partial charge in [0.15, 0.2) is 6.61 Å². The highest BCUT2D eigenvalue weighted by molar-refractivity contribution is 6.03. The topological polar surface area (TPSA) is 115 Å². The van der Waals surface area contributed by atoms with E-state index in [1.165, 1.54) is 0 Å². The summed E-state index contributed by atoms with van der Waals surface area (Å²) in [5, 5.41) is 2.48. The van der Waals surface area contributed by atoms with Crippen molar-refractivity contribution in [2.75, 3.05) is 19.8 Å². The van der Waals surface area contributed by atoms with E-state index >= 15 is 0 Å². The van der Waals surface area contributed by atoms with Crippen molar-refractivity contribution in [3.63, 3.8) is 0 Å². The Bertz CT molecular complexity index is 970. The Balaban J connectivity index is 1.92. The largest absolute Gasteiger partial charge is 0.461 e. The molecular formula is C22H26N2O6. The Morgan fingerprint density at radius 2 is 1.60 bits per heavy atom. The van der Waals surface area contributed by atoms with Gasteiger partial charge in [0, 0.05) is 16.8 Å². The van der Waals surface area contributed by atoms with E-state index in [4.69, 9.17) is 9.47 Å². The summed E-state index contributed by atoms with van der Waals surface area (Å²) < 4.78 is 9.94. The highest BCUT2D eigenvalue weighted by atomic mass is 16.5. The number of carbonyl (C=O) groups is 4. The van der Waals surface area contributed by atoms with Gasteiger partial charge >= 0.3 is 11.9 Å². The van der Waals surface area contributed by atoms with E-state index in [9.17, 15) is 19.2 Å².